The topological polar surface area (TPSA) is 77.8 Å². The molecule has 114 heavy (non-hydrogen) atoms. The van der Waals surface area contributed by atoms with Gasteiger partial charge in [-0.2, -0.15) is 0 Å². The van der Waals surface area contributed by atoms with Crippen molar-refractivity contribution in [3.63, 3.8) is 0 Å². The summed E-state index contributed by atoms with van der Waals surface area (Å²) in [6.07, 6.45) is 0. The van der Waals surface area contributed by atoms with Crippen LogP contribution in [0.3, 0.4) is 0 Å². The molecule has 0 unspecified atom stereocenters. The second kappa shape index (κ2) is 28.6. The predicted octanol–water partition coefficient (Wildman–Crippen LogP) is 29.4. The smallest absolute Gasteiger partial charge is 0.160 e. The van der Waals surface area contributed by atoms with E-state index >= 15 is 0 Å². The van der Waals surface area contributed by atoms with Crippen molar-refractivity contribution in [3.8, 4) is 135 Å². The highest BCUT2D eigenvalue weighted by atomic mass is 16.3. The van der Waals surface area contributed by atoms with Gasteiger partial charge in [0.15, 0.2) is 11.6 Å². The maximum atomic E-state index is 6.74. The average Bonchev–Trinajstić information content (AvgIpc) is 1.56. The lowest BCUT2D eigenvalue weighted by Gasteiger charge is -2.12. The predicted molar refractivity (Wildman–Crippen MR) is 474 cm³/mol. The average molecular weight is 1450 g/mol. The van der Waals surface area contributed by atoms with Crippen molar-refractivity contribution in [3.05, 3.63) is 413 Å². The van der Waals surface area contributed by atoms with Gasteiger partial charge in [-0.25, -0.2) is 19.9 Å². The fourth-order valence-electron chi connectivity index (χ4n) is 16.7. The van der Waals surface area contributed by atoms with Gasteiger partial charge in [0.1, 0.15) is 22.3 Å². The lowest BCUT2D eigenvalue weighted by atomic mass is 9.91. The van der Waals surface area contributed by atoms with Crippen LogP contribution in [0.25, 0.3) is 222 Å². The van der Waals surface area contributed by atoms with Gasteiger partial charge in [-0.15, -0.1) is 0 Å². The Morgan fingerprint density at radius 2 is 0.456 bits per heavy atom. The van der Waals surface area contributed by atoms with E-state index in [0.717, 1.165) is 155 Å². The van der Waals surface area contributed by atoms with Crippen LogP contribution < -0.4 is 0 Å². The molecule has 0 saturated carbocycles. The van der Waals surface area contributed by atoms with Crippen LogP contribution in [-0.2, 0) is 0 Å². The molecule has 0 atom stereocenters. The second-order valence-corrected chi connectivity index (χ2v) is 29.0. The lowest BCUT2D eigenvalue weighted by Crippen LogP contribution is -1.96. The summed E-state index contributed by atoms with van der Waals surface area (Å²) in [6, 6.07) is 145. The lowest BCUT2D eigenvalue weighted by molar-refractivity contribution is 0.672. The number of aromatic nitrogens is 4. The first-order valence-corrected chi connectivity index (χ1v) is 38.6. The third-order valence-electron chi connectivity index (χ3n) is 22.2. The number of benzene rings is 18. The molecule has 18 aromatic carbocycles. The molecule has 0 aliphatic heterocycles. The van der Waals surface area contributed by atoms with Gasteiger partial charge in [0, 0.05) is 65.7 Å². The van der Waals surface area contributed by atoms with E-state index in [1.807, 2.05) is 60.7 Å². The molecule has 0 amide bonds. The third-order valence-corrected chi connectivity index (χ3v) is 22.2. The van der Waals surface area contributed by atoms with Crippen LogP contribution in [0.4, 0.5) is 0 Å². The normalized spacial score (nSPS) is 11.5. The first-order valence-electron chi connectivity index (χ1n) is 38.6. The number of hydrogen-bond acceptors (Lipinski definition) is 6. The zero-order chi connectivity index (χ0) is 75.4. The molecule has 0 N–H and O–H groups in total. The van der Waals surface area contributed by atoms with Crippen LogP contribution in [-0.4, -0.2) is 19.9 Å². The molecule has 6 heteroatoms. The first kappa shape index (κ1) is 66.9. The minimum absolute atomic E-state index is 0.697. The molecule has 22 rings (SSSR count). The highest BCUT2D eigenvalue weighted by Crippen LogP contribution is 2.48. The van der Waals surface area contributed by atoms with Crippen LogP contribution >= 0.6 is 0 Å². The van der Waals surface area contributed by atoms with Gasteiger partial charge in [0.25, 0.3) is 0 Å². The molecule has 0 saturated heterocycles. The standard InChI is InChI=1S/2C54H34N2O/c1-3-16-36(17-4-1)49-34-50(56-54(55-49)37-18-5-2-6-19-37)41-24-12-22-39(32-41)38-21-11-23-40(31-38)47-33-48-52-45(43-28-13-20-35-15-7-8-25-42(35)43)29-14-30-51(52)57-53(48)46-27-10-9-26-44(46)47;1-3-14-35(15-4-1)40-20-11-21-41(32-40)50-34-49(55-54(56-50)39-17-5-2-6-18-39)38-30-28-37(29-31-38)47-33-48-52-45(43-25-12-19-36-16-7-8-22-42(36)43)26-13-27-51(52)57-53(48)46-24-10-9-23-44(46)47/h2*1-34H. The fourth-order valence-corrected chi connectivity index (χ4v) is 16.7. The Labute approximate surface area is 658 Å². The van der Waals surface area contributed by atoms with E-state index in [1.54, 1.807) is 0 Å². The van der Waals surface area contributed by atoms with Crippen molar-refractivity contribution < 1.29 is 8.83 Å². The number of nitrogens with zero attached hydrogens (tertiary/aromatic N) is 4. The maximum Gasteiger partial charge on any atom is 0.160 e. The largest absolute Gasteiger partial charge is 0.455 e. The Balaban J connectivity index is 0.000000143. The molecule has 4 aromatic heterocycles. The SMILES string of the molecule is c1ccc(-c2cc(-c3cccc(-c4cccc(-c5cc6c(oc7cccc(-c8cccc9ccccc89)c76)c6ccccc56)c4)c3)nc(-c3ccccc3)n2)cc1.c1ccc(-c2cccc(-c3cc(-c4ccc(-c5cc6c(oc7cccc(-c8cccc9ccccc89)c76)c6ccccc56)cc4)nc(-c4ccccc4)n3)c2)cc1. The zero-order valence-corrected chi connectivity index (χ0v) is 61.9. The molecule has 22 aromatic rings. The van der Waals surface area contributed by atoms with Gasteiger partial charge < -0.3 is 8.83 Å². The van der Waals surface area contributed by atoms with Crippen molar-refractivity contribution in [2.75, 3.05) is 0 Å². The van der Waals surface area contributed by atoms with Crippen LogP contribution in [0.5, 0.6) is 0 Å². The van der Waals surface area contributed by atoms with Crippen molar-refractivity contribution in [2.45, 2.75) is 0 Å². The van der Waals surface area contributed by atoms with E-state index in [9.17, 15) is 0 Å². The maximum absolute atomic E-state index is 6.74. The van der Waals surface area contributed by atoms with E-state index in [2.05, 4.69) is 352 Å². The third kappa shape index (κ3) is 12.3. The van der Waals surface area contributed by atoms with E-state index in [4.69, 9.17) is 28.8 Å². The van der Waals surface area contributed by atoms with Crippen molar-refractivity contribution >= 4 is 87.0 Å². The Morgan fingerprint density at radius 1 is 0.158 bits per heavy atom. The minimum atomic E-state index is 0.697. The number of rotatable bonds is 12. The Hall–Kier alpha value is -15.2. The van der Waals surface area contributed by atoms with Gasteiger partial charge in [-0.05, 0) is 154 Å². The molecule has 4 heterocycles. The Bertz CT molecular complexity index is 7390. The molecule has 0 fully saturated rings. The molecule has 0 aliphatic carbocycles. The number of hydrogen-bond donors (Lipinski definition) is 0. The molecule has 6 nitrogen and oxygen atoms in total. The van der Waals surface area contributed by atoms with Crippen molar-refractivity contribution in [2.24, 2.45) is 0 Å². The van der Waals surface area contributed by atoms with Gasteiger partial charge in [0.2, 0.25) is 0 Å². The summed E-state index contributed by atoms with van der Waals surface area (Å²) in [5.74, 6) is 1.40. The monoisotopic (exact) mass is 1450 g/mol. The van der Waals surface area contributed by atoms with E-state index < -0.39 is 0 Å². The molecule has 0 spiro atoms. The quantitative estimate of drug-likeness (QED) is 0.121. The van der Waals surface area contributed by atoms with Crippen molar-refractivity contribution in [1.82, 2.24) is 19.9 Å². The van der Waals surface area contributed by atoms with Crippen LogP contribution in [0, 0.1) is 0 Å². The van der Waals surface area contributed by atoms with Crippen LogP contribution in [0.1, 0.15) is 0 Å². The number of fused-ring (bicyclic) bond motifs is 12. The molecular formula is C108H68N4O2. The zero-order valence-electron chi connectivity index (χ0n) is 61.9. The molecule has 0 aliphatic rings. The summed E-state index contributed by atoms with van der Waals surface area (Å²) in [5.41, 5.74) is 27.2. The molecular weight excluding hydrogens is 1390 g/mol. The second-order valence-electron chi connectivity index (χ2n) is 29.0. The minimum Gasteiger partial charge on any atom is -0.455 e. The van der Waals surface area contributed by atoms with Gasteiger partial charge in [0.05, 0.1) is 22.8 Å². The summed E-state index contributed by atoms with van der Waals surface area (Å²) in [5, 5.41) is 13.9. The highest BCUT2D eigenvalue weighted by Gasteiger charge is 2.23. The first-order chi connectivity index (χ1) is 56.5. The molecule has 0 radical (unpaired) electrons. The van der Waals surface area contributed by atoms with Crippen LogP contribution in [0.15, 0.2) is 421 Å². The summed E-state index contributed by atoms with van der Waals surface area (Å²) in [6.45, 7) is 0. The van der Waals surface area contributed by atoms with E-state index in [1.165, 1.54) is 54.9 Å². The summed E-state index contributed by atoms with van der Waals surface area (Å²) in [7, 11) is 0. The number of furan rings is 2. The van der Waals surface area contributed by atoms with Crippen molar-refractivity contribution in [1.29, 1.82) is 0 Å². The van der Waals surface area contributed by atoms with E-state index in [-0.39, 0.29) is 0 Å². The van der Waals surface area contributed by atoms with Gasteiger partial charge in [-0.1, -0.05) is 358 Å². The van der Waals surface area contributed by atoms with E-state index in [0.29, 0.717) is 11.6 Å². The highest BCUT2D eigenvalue weighted by molar-refractivity contribution is 6.25. The van der Waals surface area contributed by atoms with Gasteiger partial charge >= 0.3 is 0 Å². The summed E-state index contributed by atoms with van der Waals surface area (Å²) < 4.78 is 13.5. The van der Waals surface area contributed by atoms with Crippen LogP contribution in [0.2, 0.25) is 0 Å². The summed E-state index contributed by atoms with van der Waals surface area (Å²) in [4.78, 5) is 20.4. The Kier molecular flexibility index (Phi) is 16.8. The Morgan fingerprint density at radius 3 is 0.921 bits per heavy atom. The molecule has 0 bridgehead atoms. The van der Waals surface area contributed by atoms with Gasteiger partial charge in [-0.3, -0.25) is 0 Å². The summed E-state index contributed by atoms with van der Waals surface area (Å²) >= 11 is 0. The molecule has 532 valence electrons. The fraction of sp³-hybridized carbons (Fsp3) is 0.